The van der Waals surface area contributed by atoms with E-state index in [1.165, 1.54) is 49.5 Å². The molecule has 1 N–H and O–H groups in total. The number of benzene rings is 1. The Balaban J connectivity index is 1.98. The number of furan rings is 1. The van der Waals surface area contributed by atoms with E-state index in [1.54, 1.807) is 19.2 Å². The van der Waals surface area contributed by atoms with Gasteiger partial charge in [-0.2, -0.15) is 0 Å². The lowest BCUT2D eigenvalue weighted by atomic mass is 10.2. The van der Waals surface area contributed by atoms with E-state index >= 15 is 0 Å². The molecule has 2 aromatic rings. The molecule has 0 atom stereocenters. The molecule has 0 fully saturated rings. The van der Waals surface area contributed by atoms with Crippen LogP contribution in [0.3, 0.4) is 0 Å². The van der Waals surface area contributed by atoms with Crippen molar-refractivity contribution in [2.24, 2.45) is 0 Å². The Morgan fingerprint density at radius 3 is 2.46 bits per heavy atom. The standard InChI is InChI=1S/C17H21N3O5S/c1-19(2)26(23,24)15-8-4-6-13(10-15)17(22)18-11-16(21)20(3)12-14-7-5-9-25-14/h4-10H,11-12H2,1-3H3,(H,18,22). The number of carbonyl (C=O) groups is 2. The maximum atomic E-state index is 12.2. The lowest BCUT2D eigenvalue weighted by Gasteiger charge is -2.16. The van der Waals surface area contributed by atoms with Crippen LogP contribution < -0.4 is 5.32 Å². The molecule has 0 saturated heterocycles. The Labute approximate surface area is 152 Å². The molecule has 8 nitrogen and oxygen atoms in total. The second-order valence-electron chi connectivity index (χ2n) is 5.83. The van der Waals surface area contributed by atoms with Crippen LogP contribution in [0.4, 0.5) is 0 Å². The van der Waals surface area contributed by atoms with E-state index in [0.29, 0.717) is 5.76 Å². The maximum absolute atomic E-state index is 12.2. The molecule has 26 heavy (non-hydrogen) atoms. The van der Waals surface area contributed by atoms with Crippen molar-refractivity contribution < 1.29 is 22.4 Å². The quantitative estimate of drug-likeness (QED) is 0.771. The van der Waals surface area contributed by atoms with Crippen LogP contribution in [-0.2, 0) is 21.4 Å². The summed E-state index contributed by atoms with van der Waals surface area (Å²) in [5, 5.41) is 2.50. The van der Waals surface area contributed by atoms with Crippen LogP contribution in [-0.4, -0.2) is 57.1 Å². The summed E-state index contributed by atoms with van der Waals surface area (Å²) in [4.78, 5) is 25.7. The minimum Gasteiger partial charge on any atom is -0.467 e. The third-order valence-corrected chi connectivity index (χ3v) is 5.48. The van der Waals surface area contributed by atoms with Crippen molar-refractivity contribution in [3.8, 4) is 0 Å². The smallest absolute Gasteiger partial charge is 0.251 e. The van der Waals surface area contributed by atoms with Gasteiger partial charge in [-0.1, -0.05) is 6.07 Å². The first kappa shape index (κ1) is 19.7. The van der Waals surface area contributed by atoms with E-state index in [2.05, 4.69) is 5.32 Å². The number of likely N-dealkylation sites (N-methyl/N-ethyl adjacent to an activating group) is 1. The molecule has 0 aliphatic heterocycles. The van der Waals surface area contributed by atoms with Gasteiger partial charge in [0.1, 0.15) is 5.76 Å². The van der Waals surface area contributed by atoms with Gasteiger partial charge in [-0.25, -0.2) is 12.7 Å². The van der Waals surface area contributed by atoms with Crippen molar-refractivity contribution in [3.05, 3.63) is 54.0 Å². The van der Waals surface area contributed by atoms with Crippen LogP contribution in [0.1, 0.15) is 16.1 Å². The summed E-state index contributed by atoms with van der Waals surface area (Å²) in [5.41, 5.74) is 0.161. The first-order valence-corrected chi connectivity index (χ1v) is 9.23. The Morgan fingerprint density at radius 1 is 1.12 bits per heavy atom. The van der Waals surface area contributed by atoms with E-state index in [-0.39, 0.29) is 29.5 Å². The van der Waals surface area contributed by atoms with Crippen molar-refractivity contribution in [2.45, 2.75) is 11.4 Å². The van der Waals surface area contributed by atoms with Crippen LogP contribution in [0.5, 0.6) is 0 Å². The van der Waals surface area contributed by atoms with Gasteiger partial charge in [-0.15, -0.1) is 0 Å². The van der Waals surface area contributed by atoms with Gasteiger partial charge in [-0.05, 0) is 30.3 Å². The van der Waals surface area contributed by atoms with Crippen LogP contribution in [0.15, 0.2) is 52.0 Å². The second kappa shape index (κ2) is 8.15. The number of sulfonamides is 1. The number of carbonyl (C=O) groups excluding carboxylic acids is 2. The molecule has 1 aromatic heterocycles. The molecule has 0 bridgehead atoms. The average molecular weight is 379 g/mol. The van der Waals surface area contributed by atoms with Crippen LogP contribution >= 0.6 is 0 Å². The topological polar surface area (TPSA) is 99.9 Å². The zero-order chi connectivity index (χ0) is 19.3. The van der Waals surface area contributed by atoms with Gasteiger partial charge in [0.05, 0.1) is 24.2 Å². The number of hydrogen-bond donors (Lipinski definition) is 1. The highest BCUT2D eigenvalue weighted by molar-refractivity contribution is 7.89. The zero-order valence-corrected chi connectivity index (χ0v) is 15.6. The molecule has 0 unspecified atom stereocenters. The van der Waals surface area contributed by atoms with Gasteiger partial charge in [0.15, 0.2) is 0 Å². The Bertz CT molecular complexity index is 876. The largest absolute Gasteiger partial charge is 0.467 e. The summed E-state index contributed by atoms with van der Waals surface area (Å²) in [5.74, 6) is -0.193. The molecule has 0 radical (unpaired) electrons. The van der Waals surface area contributed by atoms with Crippen LogP contribution in [0.2, 0.25) is 0 Å². The lowest BCUT2D eigenvalue weighted by Crippen LogP contribution is -2.37. The molecule has 2 rings (SSSR count). The minimum absolute atomic E-state index is 0.0106. The zero-order valence-electron chi connectivity index (χ0n) is 14.8. The summed E-state index contributed by atoms with van der Waals surface area (Å²) in [6, 6.07) is 9.14. The summed E-state index contributed by atoms with van der Waals surface area (Å²) in [6.45, 7) is 0.0823. The van der Waals surface area contributed by atoms with Crippen molar-refractivity contribution in [1.29, 1.82) is 0 Å². The molecule has 0 aliphatic rings. The predicted molar refractivity (Wildman–Crippen MR) is 94.8 cm³/mol. The van der Waals surface area contributed by atoms with Crippen molar-refractivity contribution in [1.82, 2.24) is 14.5 Å². The fourth-order valence-electron chi connectivity index (χ4n) is 2.13. The number of hydrogen-bond acceptors (Lipinski definition) is 5. The Morgan fingerprint density at radius 2 is 1.85 bits per heavy atom. The van der Waals surface area contributed by atoms with Crippen LogP contribution in [0.25, 0.3) is 0 Å². The van der Waals surface area contributed by atoms with E-state index in [4.69, 9.17) is 4.42 Å². The normalized spacial score (nSPS) is 11.4. The number of nitrogens with one attached hydrogen (secondary N) is 1. The van der Waals surface area contributed by atoms with E-state index in [0.717, 1.165) is 4.31 Å². The van der Waals surface area contributed by atoms with Crippen LogP contribution in [0, 0.1) is 0 Å². The Hall–Kier alpha value is -2.65. The summed E-state index contributed by atoms with van der Waals surface area (Å²) >= 11 is 0. The third kappa shape index (κ3) is 4.70. The third-order valence-electron chi connectivity index (χ3n) is 3.67. The van der Waals surface area contributed by atoms with E-state index in [9.17, 15) is 18.0 Å². The fraction of sp³-hybridized carbons (Fsp3) is 0.294. The number of nitrogens with zero attached hydrogens (tertiary/aromatic N) is 2. The summed E-state index contributed by atoms with van der Waals surface area (Å²) in [7, 11) is 0.784. The summed E-state index contributed by atoms with van der Waals surface area (Å²) in [6.07, 6.45) is 1.52. The monoisotopic (exact) mass is 379 g/mol. The fourth-order valence-corrected chi connectivity index (χ4v) is 3.07. The molecule has 1 heterocycles. The van der Waals surface area contributed by atoms with Gasteiger partial charge < -0.3 is 14.6 Å². The van der Waals surface area contributed by atoms with Gasteiger partial charge in [0.2, 0.25) is 15.9 Å². The van der Waals surface area contributed by atoms with Gasteiger partial charge in [-0.3, -0.25) is 9.59 Å². The SMILES string of the molecule is CN(Cc1ccco1)C(=O)CNC(=O)c1cccc(S(=O)(=O)N(C)C)c1. The van der Waals surface area contributed by atoms with E-state index in [1.807, 2.05) is 0 Å². The average Bonchev–Trinajstić information content (AvgIpc) is 3.12. The van der Waals surface area contributed by atoms with Gasteiger partial charge in [0, 0.05) is 26.7 Å². The highest BCUT2D eigenvalue weighted by atomic mass is 32.2. The highest BCUT2D eigenvalue weighted by Gasteiger charge is 2.19. The molecule has 140 valence electrons. The van der Waals surface area contributed by atoms with Crippen molar-refractivity contribution >= 4 is 21.8 Å². The molecule has 9 heteroatoms. The molecule has 2 amide bonds. The lowest BCUT2D eigenvalue weighted by molar-refractivity contribution is -0.129. The van der Waals surface area contributed by atoms with Gasteiger partial charge in [0.25, 0.3) is 5.91 Å². The first-order valence-electron chi connectivity index (χ1n) is 7.79. The van der Waals surface area contributed by atoms with E-state index < -0.39 is 15.9 Å². The maximum Gasteiger partial charge on any atom is 0.251 e. The predicted octanol–water partition coefficient (Wildman–Crippen LogP) is 0.918. The second-order valence-corrected chi connectivity index (χ2v) is 7.98. The minimum atomic E-state index is -3.64. The molecule has 0 spiro atoms. The molecule has 0 saturated carbocycles. The molecule has 1 aromatic carbocycles. The first-order chi connectivity index (χ1) is 12.2. The molecular weight excluding hydrogens is 358 g/mol. The Kier molecular flexibility index (Phi) is 6.17. The molecular formula is C17H21N3O5S. The summed E-state index contributed by atoms with van der Waals surface area (Å²) < 4.78 is 30.5. The number of rotatable bonds is 7. The van der Waals surface area contributed by atoms with Crippen molar-refractivity contribution in [3.63, 3.8) is 0 Å². The highest BCUT2D eigenvalue weighted by Crippen LogP contribution is 2.14. The molecule has 0 aliphatic carbocycles. The van der Waals surface area contributed by atoms with Crippen molar-refractivity contribution in [2.75, 3.05) is 27.7 Å². The van der Waals surface area contributed by atoms with Gasteiger partial charge >= 0.3 is 0 Å². The number of amides is 2.